The maximum Gasteiger partial charge on any atom is 0.354 e. The normalized spacial score (nSPS) is 11.9. The summed E-state index contributed by atoms with van der Waals surface area (Å²) in [4.78, 5) is 25.6. The second-order valence-corrected chi connectivity index (χ2v) is 10.2. The van der Waals surface area contributed by atoms with E-state index in [0.717, 1.165) is 5.56 Å². The number of benzene rings is 1. The summed E-state index contributed by atoms with van der Waals surface area (Å²) in [5.41, 5.74) is 2.69. The molecule has 0 spiro atoms. The lowest BCUT2D eigenvalue weighted by Crippen LogP contribution is -2.37. The highest BCUT2D eigenvalue weighted by Crippen LogP contribution is 2.24. The van der Waals surface area contributed by atoms with Gasteiger partial charge in [0, 0.05) is 24.8 Å². The van der Waals surface area contributed by atoms with Crippen molar-refractivity contribution in [3.63, 3.8) is 0 Å². The Morgan fingerprint density at radius 2 is 1.68 bits per heavy atom. The van der Waals surface area contributed by atoms with Gasteiger partial charge in [-0.15, -0.1) is 0 Å². The zero-order chi connectivity index (χ0) is 23.5. The number of ether oxygens (including phenoxy) is 1. The van der Waals surface area contributed by atoms with Crippen molar-refractivity contribution < 1.29 is 22.7 Å². The van der Waals surface area contributed by atoms with Crippen molar-refractivity contribution >= 4 is 21.8 Å². The molecule has 1 aromatic carbocycles. The number of sulfonamides is 1. The molecule has 0 atom stereocenters. The van der Waals surface area contributed by atoms with E-state index in [2.05, 4.69) is 0 Å². The fourth-order valence-corrected chi connectivity index (χ4v) is 4.97. The molecule has 0 aliphatic heterocycles. The van der Waals surface area contributed by atoms with Crippen LogP contribution >= 0.6 is 0 Å². The molecule has 0 saturated carbocycles. The van der Waals surface area contributed by atoms with Crippen LogP contribution in [0, 0.1) is 26.7 Å². The average molecular weight is 449 g/mol. The molecule has 8 heteroatoms. The first-order valence-corrected chi connectivity index (χ1v) is 11.7. The van der Waals surface area contributed by atoms with E-state index in [0.29, 0.717) is 28.9 Å². The van der Waals surface area contributed by atoms with E-state index in [1.807, 2.05) is 20.8 Å². The lowest BCUT2D eigenvalue weighted by atomic mass is 10.1. The Hall–Kier alpha value is -2.45. The van der Waals surface area contributed by atoms with Gasteiger partial charge in [0.1, 0.15) is 5.69 Å². The summed E-state index contributed by atoms with van der Waals surface area (Å²) in [5.74, 6) is -0.608. The number of Topliss-reactive ketones (excluding diaryl/α,β-unsaturated/α-hetero) is 1. The quantitative estimate of drug-likeness (QED) is 0.432. The van der Waals surface area contributed by atoms with Gasteiger partial charge in [0.2, 0.25) is 10.0 Å². The van der Waals surface area contributed by atoms with E-state index in [9.17, 15) is 18.0 Å². The third-order valence-electron chi connectivity index (χ3n) is 5.52. The van der Waals surface area contributed by atoms with Crippen molar-refractivity contribution in [3.8, 4) is 0 Å². The Morgan fingerprint density at radius 3 is 2.19 bits per heavy atom. The van der Waals surface area contributed by atoms with E-state index < -0.39 is 16.0 Å². The summed E-state index contributed by atoms with van der Waals surface area (Å²) < 4.78 is 34.3. The van der Waals surface area contributed by atoms with Crippen molar-refractivity contribution in [1.82, 2.24) is 8.87 Å². The molecule has 1 aromatic heterocycles. The van der Waals surface area contributed by atoms with Crippen LogP contribution in [0.5, 0.6) is 0 Å². The summed E-state index contributed by atoms with van der Waals surface area (Å²) in [5, 5.41) is 0. The van der Waals surface area contributed by atoms with Gasteiger partial charge in [0.25, 0.3) is 0 Å². The summed E-state index contributed by atoms with van der Waals surface area (Å²) in [6, 6.07) is 6.60. The van der Waals surface area contributed by atoms with E-state index in [1.54, 1.807) is 49.7 Å². The van der Waals surface area contributed by atoms with Crippen LogP contribution in [0.15, 0.2) is 29.2 Å². The molecule has 0 aliphatic carbocycles. The molecule has 1 heterocycles. The zero-order valence-electron chi connectivity index (χ0n) is 19.4. The van der Waals surface area contributed by atoms with Gasteiger partial charge in [-0.3, -0.25) is 4.79 Å². The minimum absolute atomic E-state index is 0.159. The lowest BCUT2D eigenvalue weighted by molar-refractivity contribution is 0.0588. The SMILES string of the molecule is COC(=O)c1c(C)c(C(=O)CN(CCC(C)C)S(=O)(=O)c2ccc(C)cc2)c(C)n1C. The second-order valence-electron chi connectivity index (χ2n) is 8.24. The van der Waals surface area contributed by atoms with Crippen LogP contribution in [0.1, 0.15) is 57.9 Å². The molecular weight excluding hydrogens is 416 g/mol. The van der Waals surface area contributed by atoms with Gasteiger partial charge >= 0.3 is 5.97 Å². The number of hydrogen-bond donors (Lipinski definition) is 0. The lowest BCUT2D eigenvalue weighted by Gasteiger charge is -2.23. The van der Waals surface area contributed by atoms with Crippen molar-refractivity contribution in [3.05, 3.63) is 52.3 Å². The molecule has 0 unspecified atom stereocenters. The van der Waals surface area contributed by atoms with E-state index >= 15 is 0 Å². The fourth-order valence-electron chi connectivity index (χ4n) is 3.56. The molecule has 0 aliphatic rings. The van der Waals surface area contributed by atoms with Crippen LogP contribution in [-0.2, 0) is 21.8 Å². The van der Waals surface area contributed by atoms with Crippen LogP contribution < -0.4 is 0 Å². The summed E-state index contributed by atoms with van der Waals surface area (Å²) >= 11 is 0. The third kappa shape index (κ3) is 5.25. The molecule has 0 bridgehead atoms. The van der Waals surface area contributed by atoms with Gasteiger partial charge in [0.05, 0.1) is 18.6 Å². The first-order valence-electron chi connectivity index (χ1n) is 10.3. The molecule has 31 heavy (non-hydrogen) atoms. The van der Waals surface area contributed by atoms with Crippen LogP contribution in [0.4, 0.5) is 0 Å². The monoisotopic (exact) mass is 448 g/mol. The highest BCUT2D eigenvalue weighted by atomic mass is 32.2. The average Bonchev–Trinajstić information content (AvgIpc) is 2.93. The number of nitrogens with zero attached hydrogens (tertiary/aromatic N) is 2. The molecule has 0 saturated heterocycles. The van der Waals surface area contributed by atoms with Gasteiger partial charge < -0.3 is 9.30 Å². The Morgan fingerprint density at radius 1 is 1.10 bits per heavy atom. The molecule has 0 N–H and O–H groups in total. The van der Waals surface area contributed by atoms with Gasteiger partial charge in [0.15, 0.2) is 5.78 Å². The van der Waals surface area contributed by atoms with Crippen molar-refractivity contribution in [2.75, 3.05) is 20.2 Å². The van der Waals surface area contributed by atoms with E-state index in [4.69, 9.17) is 4.74 Å². The first-order chi connectivity index (χ1) is 14.4. The van der Waals surface area contributed by atoms with E-state index in [1.165, 1.54) is 11.4 Å². The Labute approximate surface area is 185 Å². The molecular formula is C23H32N2O5S. The Kier molecular flexibility index (Phi) is 7.83. The molecule has 0 radical (unpaired) electrons. The predicted molar refractivity (Wildman–Crippen MR) is 120 cm³/mol. The maximum absolute atomic E-state index is 13.3. The number of esters is 1. The number of carbonyl (C=O) groups is 2. The first kappa shape index (κ1) is 24.8. The van der Waals surface area contributed by atoms with Crippen molar-refractivity contribution in [1.29, 1.82) is 0 Å². The van der Waals surface area contributed by atoms with Gasteiger partial charge in [-0.25, -0.2) is 13.2 Å². The summed E-state index contributed by atoms with van der Waals surface area (Å²) in [7, 11) is -0.882. The summed E-state index contributed by atoms with van der Waals surface area (Å²) in [6.07, 6.45) is 0.624. The van der Waals surface area contributed by atoms with Gasteiger partial charge in [-0.05, 0) is 50.8 Å². The molecule has 0 fully saturated rings. The Balaban J connectivity index is 2.45. The van der Waals surface area contributed by atoms with Crippen LogP contribution in [0.25, 0.3) is 0 Å². The number of aromatic nitrogens is 1. The highest BCUT2D eigenvalue weighted by molar-refractivity contribution is 7.89. The molecule has 2 rings (SSSR count). The predicted octanol–water partition coefficient (Wildman–Crippen LogP) is 3.66. The number of aryl methyl sites for hydroxylation is 1. The van der Waals surface area contributed by atoms with Crippen LogP contribution in [0.2, 0.25) is 0 Å². The molecule has 7 nitrogen and oxygen atoms in total. The molecule has 2 aromatic rings. The minimum Gasteiger partial charge on any atom is -0.464 e. The second kappa shape index (κ2) is 9.78. The number of methoxy groups -OCH3 is 1. The zero-order valence-corrected chi connectivity index (χ0v) is 20.2. The number of ketones is 1. The number of rotatable bonds is 9. The topological polar surface area (TPSA) is 85.7 Å². The maximum atomic E-state index is 13.3. The smallest absolute Gasteiger partial charge is 0.354 e. The number of carbonyl (C=O) groups excluding carboxylic acids is 2. The highest BCUT2D eigenvalue weighted by Gasteiger charge is 2.31. The number of hydrogen-bond acceptors (Lipinski definition) is 5. The minimum atomic E-state index is -3.85. The van der Waals surface area contributed by atoms with E-state index in [-0.39, 0.29) is 29.7 Å². The van der Waals surface area contributed by atoms with Crippen molar-refractivity contribution in [2.45, 2.75) is 45.9 Å². The van der Waals surface area contributed by atoms with Gasteiger partial charge in [-0.2, -0.15) is 4.31 Å². The molecule has 170 valence electrons. The fraction of sp³-hybridized carbons (Fsp3) is 0.478. The molecule has 0 amide bonds. The van der Waals surface area contributed by atoms with Crippen molar-refractivity contribution in [2.24, 2.45) is 13.0 Å². The third-order valence-corrected chi connectivity index (χ3v) is 7.38. The summed E-state index contributed by atoms with van der Waals surface area (Å²) in [6.45, 7) is 9.25. The standard InChI is InChI=1S/C23H32N2O5S/c1-15(2)12-13-25(31(28,29)19-10-8-16(3)9-11-19)14-20(26)21-17(4)22(23(27)30-7)24(6)18(21)5/h8-11,15H,12-14H2,1-7H3. The largest absolute Gasteiger partial charge is 0.464 e. The van der Waals surface area contributed by atoms with Crippen LogP contribution in [0.3, 0.4) is 0 Å². The van der Waals surface area contributed by atoms with Crippen LogP contribution in [-0.4, -0.2) is 49.2 Å². The Bertz CT molecular complexity index is 1070. The van der Waals surface area contributed by atoms with Gasteiger partial charge in [-0.1, -0.05) is 31.5 Å².